The number of carbonyl (C=O) groups is 2. The van der Waals surface area contributed by atoms with Gasteiger partial charge in [0.1, 0.15) is 5.75 Å². The largest absolute Gasteiger partial charge is 0.481 e. The maximum atomic E-state index is 12.7. The van der Waals surface area contributed by atoms with Crippen molar-refractivity contribution >= 4 is 29.1 Å². The summed E-state index contributed by atoms with van der Waals surface area (Å²) in [7, 11) is 0. The molecule has 0 aliphatic rings. The van der Waals surface area contributed by atoms with Gasteiger partial charge in [-0.1, -0.05) is 30.7 Å². The molecule has 0 saturated heterocycles. The third kappa shape index (κ3) is 6.29. The zero-order valence-corrected chi connectivity index (χ0v) is 16.8. The van der Waals surface area contributed by atoms with Crippen molar-refractivity contribution in [3.05, 3.63) is 59.1 Å². The summed E-state index contributed by atoms with van der Waals surface area (Å²) in [5, 5.41) is 6.31. The van der Waals surface area contributed by atoms with Crippen LogP contribution in [0.2, 0.25) is 5.02 Å². The van der Waals surface area contributed by atoms with E-state index < -0.39 is 6.10 Å². The Bertz CT molecular complexity index is 798. The fourth-order valence-corrected chi connectivity index (χ4v) is 2.54. The summed E-state index contributed by atoms with van der Waals surface area (Å²) in [5.74, 6) is -0.00584. The third-order valence-electron chi connectivity index (χ3n) is 3.67. The van der Waals surface area contributed by atoms with Crippen molar-refractivity contribution < 1.29 is 14.3 Å². The Kier molecular flexibility index (Phi) is 6.86. The third-order valence-corrected chi connectivity index (χ3v) is 3.93. The van der Waals surface area contributed by atoms with E-state index in [-0.39, 0.29) is 17.4 Å². The first-order valence-electron chi connectivity index (χ1n) is 8.84. The van der Waals surface area contributed by atoms with Crippen molar-refractivity contribution in [1.82, 2.24) is 5.32 Å². The predicted octanol–water partition coefficient (Wildman–Crippen LogP) is 4.66. The van der Waals surface area contributed by atoms with E-state index in [1.165, 1.54) is 0 Å². The van der Waals surface area contributed by atoms with Crippen LogP contribution in [0.25, 0.3) is 0 Å². The molecule has 2 aromatic rings. The molecule has 0 heterocycles. The van der Waals surface area contributed by atoms with Crippen LogP contribution in [0, 0.1) is 0 Å². The van der Waals surface area contributed by atoms with Gasteiger partial charge < -0.3 is 15.4 Å². The lowest BCUT2D eigenvalue weighted by molar-refractivity contribution is -0.122. The highest BCUT2D eigenvalue weighted by molar-refractivity contribution is 6.30. The fourth-order valence-electron chi connectivity index (χ4n) is 2.41. The molecule has 2 rings (SSSR count). The van der Waals surface area contributed by atoms with Gasteiger partial charge in [-0.2, -0.15) is 0 Å². The highest BCUT2D eigenvalue weighted by Gasteiger charge is 2.22. The number of ether oxygens (including phenoxy) is 1. The number of carbonyl (C=O) groups excluding carboxylic acids is 2. The van der Waals surface area contributed by atoms with Crippen LogP contribution in [0.15, 0.2) is 48.5 Å². The lowest BCUT2D eigenvalue weighted by Gasteiger charge is -2.22. The van der Waals surface area contributed by atoms with Crippen LogP contribution in [0.4, 0.5) is 5.69 Å². The van der Waals surface area contributed by atoms with Crippen LogP contribution >= 0.6 is 11.6 Å². The van der Waals surface area contributed by atoms with Crippen molar-refractivity contribution in [1.29, 1.82) is 0 Å². The molecule has 6 heteroatoms. The Morgan fingerprint density at radius 1 is 1.07 bits per heavy atom. The molecule has 0 radical (unpaired) electrons. The number of hydrogen-bond acceptors (Lipinski definition) is 3. The Morgan fingerprint density at radius 3 is 2.30 bits per heavy atom. The standard InChI is InChI=1S/C21H25ClN2O3/c1-5-18(27-15-12-10-14(22)11-13-15)20(26)23-17-9-7-6-8-16(17)19(25)24-21(2,3)4/h6-13,18H,5H2,1-4H3,(H,23,26)(H,24,25)/t18-/m1/s1. The van der Waals surface area contributed by atoms with Gasteiger partial charge in [-0.05, 0) is 63.6 Å². The van der Waals surface area contributed by atoms with E-state index >= 15 is 0 Å². The van der Waals surface area contributed by atoms with Crippen molar-refractivity contribution in [2.75, 3.05) is 5.32 Å². The number of para-hydroxylation sites is 1. The topological polar surface area (TPSA) is 67.4 Å². The minimum Gasteiger partial charge on any atom is -0.481 e. The maximum Gasteiger partial charge on any atom is 0.265 e. The molecule has 0 spiro atoms. The van der Waals surface area contributed by atoms with Gasteiger partial charge in [-0.15, -0.1) is 0 Å². The number of anilines is 1. The summed E-state index contributed by atoms with van der Waals surface area (Å²) in [6.07, 6.45) is -0.213. The molecule has 0 aliphatic heterocycles. The summed E-state index contributed by atoms with van der Waals surface area (Å²) in [4.78, 5) is 25.2. The number of benzene rings is 2. The van der Waals surface area contributed by atoms with Crippen LogP contribution in [0.3, 0.4) is 0 Å². The van der Waals surface area contributed by atoms with Crippen LogP contribution in [0.5, 0.6) is 5.75 Å². The van der Waals surface area contributed by atoms with Gasteiger partial charge in [0.25, 0.3) is 11.8 Å². The molecule has 5 nitrogen and oxygen atoms in total. The summed E-state index contributed by atoms with van der Waals surface area (Å²) in [5.41, 5.74) is 0.474. The van der Waals surface area contributed by atoms with E-state index in [2.05, 4.69) is 10.6 Å². The number of rotatable bonds is 6. The van der Waals surface area contributed by atoms with Crippen molar-refractivity contribution in [3.63, 3.8) is 0 Å². The molecule has 0 unspecified atom stereocenters. The monoisotopic (exact) mass is 388 g/mol. The van der Waals surface area contributed by atoms with E-state index in [1.54, 1.807) is 48.5 Å². The van der Waals surface area contributed by atoms with Crippen LogP contribution < -0.4 is 15.4 Å². The molecule has 2 N–H and O–H groups in total. The molecule has 0 aromatic heterocycles. The zero-order chi connectivity index (χ0) is 20.0. The predicted molar refractivity (Wildman–Crippen MR) is 108 cm³/mol. The molecule has 144 valence electrons. The molecule has 0 fully saturated rings. The van der Waals surface area contributed by atoms with Crippen molar-refractivity contribution in [2.45, 2.75) is 45.8 Å². The smallest absolute Gasteiger partial charge is 0.265 e. The van der Waals surface area contributed by atoms with Crippen LogP contribution in [-0.4, -0.2) is 23.5 Å². The average Bonchev–Trinajstić information content (AvgIpc) is 2.60. The minimum atomic E-state index is -0.690. The quantitative estimate of drug-likeness (QED) is 0.755. The Morgan fingerprint density at radius 2 is 1.70 bits per heavy atom. The second kappa shape index (κ2) is 8.91. The SMILES string of the molecule is CC[C@@H](Oc1ccc(Cl)cc1)C(=O)Nc1ccccc1C(=O)NC(C)(C)C. The maximum absolute atomic E-state index is 12.7. The van der Waals surface area contributed by atoms with E-state index in [4.69, 9.17) is 16.3 Å². The number of nitrogens with one attached hydrogen (secondary N) is 2. The average molecular weight is 389 g/mol. The molecule has 2 amide bonds. The summed E-state index contributed by atoms with van der Waals surface area (Å²) >= 11 is 5.87. The van der Waals surface area contributed by atoms with E-state index in [0.717, 1.165) is 0 Å². The van der Waals surface area contributed by atoms with Gasteiger partial charge in [0.2, 0.25) is 0 Å². The molecule has 27 heavy (non-hydrogen) atoms. The first kappa shape index (κ1) is 20.8. The van der Waals surface area contributed by atoms with E-state index in [0.29, 0.717) is 28.4 Å². The molecule has 0 aliphatic carbocycles. The zero-order valence-electron chi connectivity index (χ0n) is 16.0. The highest BCUT2D eigenvalue weighted by atomic mass is 35.5. The summed E-state index contributed by atoms with van der Waals surface area (Å²) in [6, 6.07) is 13.7. The molecule has 2 aromatic carbocycles. The lowest BCUT2D eigenvalue weighted by Crippen LogP contribution is -2.41. The first-order valence-corrected chi connectivity index (χ1v) is 9.22. The number of amides is 2. The van der Waals surface area contributed by atoms with E-state index in [9.17, 15) is 9.59 Å². The molecule has 0 bridgehead atoms. The highest BCUT2D eigenvalue weighted by Crippen LogP contribution is 2.20. The van der Waals surface area contributed by atoms with Gasteiger partial charge in [0, 0.05) is 10.6 Å². The summed E-state index contributed by atoms with van der Waals surface area (Å²) < 4.78 is 5.76. The van der Waals surface area contributed by atoms with Gasteiger partial charge >= 0.3 is 0 Å². The first-order chi connectivity index (χ1) is 12.7. The summed E-state index contributed by atoms with van der Waals surface area (Å²) in [6.45, 7) is 7.57. The second-order valence-electron chi connectivity index (χ2n) is 7.21. The van der Waals surface area contributed by atoms with Crippen LogP contribution in [0.1, 0.15) is 44.5 Å². The van der Waals surface area contributed by atoms with Crippen molar-refractivity contribution in [3.8, 4) is 5.75 Å². The minimum absolute atomic E-state index is 0.245. The van der Waals surface area contributed by atoms with Gasteiger partial charge in [0.15, 0.2) is 6.10 Å². The van der Waals surface area contributed by atoms with Gasteiger partial charge in [0.05, 0.1) is 11.3 Å². The Balaban J connectivity index is 2.14. The van der Waals surface area contributed by atoms with Crippen LogP contribution in [-0.2, 0) is 4.79 Å². The van der Waals surface area contributed by atoms with Gasteiger partial charge in [-0.25, -0.2) is 0 Å². The Labute approximate surface area is 165 Å². The van der Waals surface area contributed by atoms with Crippen molar-refractivity contribution in [2.24, 2.45) is 0 Å². The van der Waals surface area contributed by atoms with E-state index in [1.807, 2.05) is 27.7 Å². The number of halogens is 1. The number of hydrogen-bond donors (Lipinski definition) is 2. The normalized spacial score (nSPS) is 12.2. The second-order valence-corrected chi connectivity index (χ2v) is 7.64. The van der Waals surface area contributed by atoms with Gasteiger partial charge in [-0.3, -0.25) is 9.59 Å². The lowest BCUT2D eigenvalue weighted by atomic mass is 10.1. The Hall–Kier alpha value is -2.53. The fraction of sp³-hybridized carbons (Fsp3) is 0.333. The molecule has 0 saturated carbocycles. The molecular weight excluding hydrogens is 364 g/mol. The molecule has 1 atom stereocenters. The molecular formula is C21H25ClN2O3.